The molecule has 0 aromatic heterocycles. The van der Waals surface area contributed by atoms with Gasteiger partial charge in [0.05, 0.1) is 5.60 Å². The third-order valence-electron chi connectivity index (χ3n) is 2.72. The Kier molecular flexibility index (Phi) is 2.90. The Hall–Kier alpha value is -0.0800. The van der Waals surface area contributed by atoms with Gasteiger partial charge < -0.3 is 10.4 Å². The molecule has 0 bridgehead atoms. The topological polar surface area (TPSA) is 32.3 Å². The molecule has 2 unspecified atom stereocenters. The highest BCUT2D eigenvalue weighted by atomic mass is 16.3. The lowest BCUT2D eigenvalue weighted by Gasteiger charge is -2.37. The number of nitrogens with one attached hydrogen (secondary N) is 1. The van der Waals surface area contributed by atoms with Crippen molar-refractivity contribution in [2.45, 2.75) is 38.7 Å². The molecular formula is C9H19NO. The Bertz CT molecular complexity index is 121. The highest BCUT2D eigenvalue weighted by molar-refractivity contribution is 4.87. The number of hydrogen-bond acceptors (Lipinski definition) is 2. The van der Waals surface area contributed by atoms with Gasteiger partial charge in [0.25, 0.3) is 0 Å². The van der Waals surface area contributed by atoms with Crippen molar-refractivity contribution in [2.24, 2.45) is 5.92 Å². The average molecular weight is 157 g/mol. The van der Waals surface area contributed by atoms with Crippen molar-refractivity contribution in [3.63, 3.8) is 0 Å². The molecule has 0 spiro atoms. The van der Waals surface area contributed by atoms with Gasteiger partial charge in [-0.15, -0.1) is 0 Å². The molecule has 66 valence electrons. The summed E-state index contributed by atoms with van der Waals surface area (Å²) in [6.45, 7) is 6.09. The molecule has 1 saturated heterocycles. The van der Waals surface area contributed by atoms with Crippen molar-refractivity contribution in [3.05, 3.63) is 0 Å². The maximum atomic E-state index is 9.93. The Morgan fingerprint density at radius 3 is 2.91 bits per heavy atom. The van der Waals surface area contributed by atoms with Crippen LogP contribution < -0.4 is 5.32 Å². The third-order valence-corrected chi connectivity index (χ3v) is 2.72. The molecule has 1 rings (SSSR count). The predicted octanol–water partition coefficient (Wildman–Crippen LogP) is 1.15. The zero-order valence-electron chi connectivity index (χ0n) is 7.56. The molecule has 0 radical (unpaired) electrons. The molecule has 1 aliphatic heterocycles. The van der Waals surface area contributed by atoms with Gasteiger partial charge in [0.15, 0.2) is 0 Å². The van der Waals surface area contributed by atoms with Crippen LogP contribution in [0.2, 0.25) is 0 Å². The molecular weight excluding hydrogens is 138 g/mol. The minimum absolute atomic E-state index is 0.415. The molecule has 1 aliphatic rings. The molecule has 2 nitrogen and oxygen atoms in total. The summed E-state index contributed by atoms with van der Waals surface area (Å²) in [7, 11) is 0. The molecule has 1 fully saturated rings. The Morgan fingerprint density at radius 2 is 2.36 bits per heavy atom. The lowest BCUT2D eigenvalue weighted by molar-refractivity contribution is -0.0270. The second kappa shape index (κ2) is 3.55. The van der Waals surface area contributed by atoms with Crippen LogP contribution in [0.15, 0.2) is 0 Å². The summed E-state index contributed by atoms with van der Waals surface area (Å²) in [6, 6.07) is 0. The van der Waals surface area contributed by atoms with Crippen LogP contribution in [0.1, 0.15) is 33.1 Å². The Morgan fingerprint density at radius 1 is 1.64 bits per heavy atom. The first-order valence-corrected chi connectivity index (χ1v) is 4.60. The summed E-state index contributed by atoms with van der Waals surface area (Å²) in [5.41, 5.74) is -0.415. The van der Waals surface area contributed by atoms with Crippen LogP contribution in [0.5, 0.6) is 0 Å². The number of piperidine rings is 1. The molecule has 0 amide bonds. The summed E-state index contributed by atoms with van der Waals surface area (Å²) in [6.07, 6.45) is 3.21. The third kappa shape index (κ3) is 2.17. The monoisotopic (exact) mass is 157 g/mol. The first-order chi connectivity index (χ1) is 5.17. The molecule has 11 heavy (non-hydrogen) atoms. The Labute approximate surface area is 69.0 Å². The number of rotatable bonds is 2. The SMILES string of the molecule is CCCC1CNCCC1(C)O. The molecule has 2 atom stereocenters. The zero-order chi connectivity index (χ0) is 8.32. The molecule has 1 heterocycles. The molecule has 0 aromatic carbocycles. The van der Waals surface area contributed by atoms with Crippen LogP contribution in [-0.4, -0.2) is 23.8 Å². The van der Waals surface area contributed by atoms with Crippen LogP contribution in [0.25, 0.3) is 0 Å². The van der Waals surface area contributed by atoms with Crippen molar-refractivity contribution in [1.29, 1.82) is 0 Å². The Balaban J connectivity index is 2.45. The van der Waals surface area contributed by atoms with E-state index in [1.54, 1.807) is 0 Å². The minimum Gasteiger partial charge on any atom is -0.390 e. The van der Waals surface area contributed by atoms with Crippen LogP contribution in [0.3, 0.4) is 0 Å². The van der Waals surface area contributed by atoms with Gasteiger partial charge in [-0.1, -0.05) is 13.3 Å². The van der Waals surface area contributed by atoms with Crippen LogP contribution >= 0.6 is 0 Å². The van der Waals surface area contributed by atoms with Gasteiger partial charge in [-0.05, 0) is 32.2 Å². The van der Waals surface area contributed by atoms with Gasteiger partial charge in [0.1, 0.15) is 0 Å². The van der Waals surface area contributed by atoms with E-state index in [4.69, 9.17) is 0 Å². The largest absolute Gasteiger partial charge is 0.390 e. The maximum Gasteiger partial charge on any atom is 0.0672 e. The average Bonchev–Trinajstić information content (AvgIpc) is 1.94. The van der Waals surface area contributed by atoms with E-state index >= 15 is 0 Å². The fourth-order valence-electron chi connectivity index (χ4n) is 1.80. The van der Waals surface area contributed by atoms with Crippen LogP contribution in [0, 0.1) is 5.92 Å². The van der Waals surface area contributed by atoms with Crippen molar-refractivity contribution < 1.29 is 5.11 Å². The lowest BCUT2D eigenvalue weighted by Crippen LogP contribution is -2.48. The maximum absolute atomic E-state index is 9.93. The second-order valence-electron chi connectivity index (χ2n) is 3.80. The fraction of sp³-hybridized carbons (Fsp3) is 1.00. The summed E-state index contributed by atoms with van der Waals surface area (Å²) in [5.74, 6) is 0.459. The number of hydrogen-bond donors (Lipinski definition) is 2. The van der Waals surface area contributed by atoms with Crippen molar-refractivity contribution >= 4 is 0 Å². The standard InChI is InChI=1S/C9H19NO/c1-3-4-8-7-10-6-5-9(8,2)11/h8,10-11H,3-7H2,1-2H3. The smallest absolute Gasteiger partial charge is 0.0672 e. The molecule has 0 saturated carbocycles. The summed E-state index contributed by atoms with van der Waals surface area (Å²) in [5, 5.41) is 13.2. The van der Waals surface area contributed by atoms with E-state index in [9.17, 15) is 5.11 Å². The summed E-state index contributed by atoms with van der Waals surface area (Å²) >= 11 is 0. The van der Waals surface area contributed by atoms with Crippen LogP contribution in [0.4, 0.5) is 0 Å². The minimum atomic E-state index is -0.415. The van der Waals surface area contributed by atoms with E-state index in [0.717, 1.165) is 25.9 Å². The summed E-state index contributed by atoms with van der Waals surface area (Å²) in [4.78, 5) is 0. The van der Waals surface area contributed by atoms with E-state index in [2.05, 4.69) is 12.2 Å². The van der Waals surface area contributed by atoms with Gasteiger partial charge in [0, 0.05) is 6.54 Å². The van der Waals surface area contributed by atoms with Crippen molar-refractivity contribution in [1.82, 2.24) is 5.32 Å². The number of aliphatic hydroxyl groups is 1. The highest BCUT2D eigenvalue weighted by Crippen LogP contribution is 2.27. The second-order valence-corrected chi connectivity index (χ2v) is 3.80. The van der Waals surface area contributed by atoms with Gasteiger partial charge in [-0.25, -0.2) is 0 Å². The fourth-order valence-corrected chi connectivity index (χ4v) is 1.80. The highest BCUT2D eigenvalue weighted by Gasteiger charge is 2.33. The van der Waals surface area contributed by atoms with Crippen molar-refractivity contribution in [3.8, 4) is 0 Å². The quantitative estimate of drug-likeness (QED) is 0.630. The van der Waals surface area contributed by atoms with E-state index < -0.39 is 5.60 Å². The zero-order valence-corrected chi connectivity index (χ0v) is 7.56. The summed E-state index contributed by atoms with van der Waals surface area (Å²) < 4.78 is 0. The van der Waals surface area contributed by atoms with E-state index in [1.807, 2.05) is 6.92 Å². The van der Waals surface area contributed by atoms with Gasteiger partial charge in [-0.3, -0.25) is 0 Å². The normalized spacial score (nSPS) is 39.0. The van der Waals surface area contributed by atoms with Gasteiger partial charge in [-0.2, -0.15) is 0 Å². The molecule has 0 aromatic rings. The van der Waals surface area contributed by atoms with Gasteiger partial charge >= 0.3 is 0 Å². The lowest BCUT2D eigenvalue weighted by atomic mass is 9.81. The van der Waals surface area contributed by atoms with E-state index in [1.165, 1.54) is 6.42 Å². The molecule has 2 heteroatoms. The van der Waals surface area contributed by atoms with E-state index in [0.29, 0.717) is 5.92 Å². The molecule has 2 N–H and O–H groups in total. The van der Waals surface area contributed by atoms with E-state index in [-0.39, 0.29) is 0 Å². The first-order valence-electron chi connectivity index (χ1n) is 4.60. The van der Waals surface area contributed by atoms with Crippen LogP contribution in [-0.2, 0) is 0 Å². The predicted molar refractivity (Wildman–Crippen MR) is 46.5 cm³/mol. The van der Waals surface area contributed by atoms with Gasteiger partial charge in [0.2, 0.25) is 0 Å². The first kappa shape index (κ1) is 9.01. The van der Waals surface area contributed by atoms with Crippen molar-refractivity contribution in [2.75, 3.05) is 13.1 Å². The molecule has 0 aliphatic carbocycles.